The lowest BCUT2D eigenvalue weighted by molar-refractivity contribution is 0.513. The summed E-state index contributed by atoms with van der Waals surface area (Å²) >= 11 is 1.90. The van der Waals surface area contributed by atoms with E-state index in [0.717, 1.165) is 18.1 Å². The van der Waals surface area contributed by atoms with Crippen molar-refractivity contribution < 1.29 is 4.42 Å². The zero-order valence-corrected chi connectivity index (χ0v) is 11.4. The molecule has 16 heavy (non-hydrogen) atoms. The highest BCUT2D eigenvalue weighted by Crippen LogP contribution is 2.24. The fourth-order valence-corrected chi connectivity index (χ4v) is 2.72. The van der Waals surface area contributed by atoms with Crippen molar-refractivity contribution in [3.05, 3.63) is 18.1 Å². The molecule has 0 aromatic carbocycles. The largest absolute Gasteiger partial charge is 0.468 e. The van der Waals surface area contributed by atoms with E-state index in [9.17, 15) is 0 Å². The number of furan rings is 1. The van der Waals surface area contributed by atoms with Crippen molar-refractivity contribution >= 4 is 11.8 Å². The Morgan fingerprint density at radius 3 is 2.75 bits per heavy atom. The van der Waals surface area contributed by atoms with Gasteiger partial charge in [0.05, 0.1) is 6.26 Å². The Kier molecular flexibility index (Phi) is 6.65. The summed E-state index contributed by atoms with van der Waals surface area (Å²) in [5.74, 6) is 2.17. The van der Waals surface area contributed by atoms with Gasteiger partial charge in [-0.15, -0.1) is 11.8 Å². The van der Waals surface area contributed by atoms with Crippen LogP contribution in [-0.2, 0) is 0 Å². The van der Waals surface area contributed by atoms with Gasteiger partial charge in [-0.2, -0.15) is 0 Å². The average molecular weight is 241 g/mol. The zero-order valence-electron chi connectivity index (χ0n) is 10.6. The van der Waals surface area contributed by atoms with Crippen molar-refractivity contribution in [2.45, 2.75) is 51.0 Å². The van der Waals surface area contributed by atoms with E-state index in [0.29, 0.717) is 6.04 Å². The summed E-state index contributed by atoms with van der Waals surface area (Å²) in [5.41, 5.74) is 0. The number of aryl methyl sites for hydroxylation is 1. The molecule has 0 saturated heterocycles. The van der Waals surface area contributed by atoms with Gasteiger partial charge in [0.1, 0.15) is 5.76 Å². The van der Waals surface area contributed by atoms with Crippen molar-refractivity contribution in [2.24, 2.45) is 0 Å². The molecule has 0 spiro atoms. The van der Waals surface area contributed by atoms with Gasteiger partial charge < -0.3 is 9.73 Å². The Labute approximate surface area is 103 Å². The van der Waals surface area contributed by atoms with Gasteiger partial charge >= 0.3 is 0 Å². The molecule has 0 bridgehead atoms. The fourth-order valence-electron chi connectivity index (χ4n) is 1.65. The third-order valence-electron chi connectivity index (χ3n) is 2.57. The summed E-state index contributed by atoms with van der Waals surface area (Å²) in [6.45, 7) is 7.60. The molecule has 1 N–H and O–H groups in total. The molecular weight excluding hydrogens is 218 g/mol. The Bertz CT molecular complexity index is 285. The Balaban J connectivity index is 2.34. The van der Waals surface area contributed by atoms with E-state index in [1.165, 1.54) is 24.2 Å². The van der Waals surface area contributed by atoms with Crippen LogP contribution in [0.3, 0.4) is 0 Å². The van der Waals surface area contributed by atoms with E-state index in [2.05, 4.69) is 25.2 Å². The van der Waals surface area contributed by atoms with Gasteiger partial charge in [0, 0.05) is 16.7 Å². The molecule has 0 amide bonds. The molecule has 1 aromatic heterocycles. The maximum absolute atomic E-state index is 5.30. The van der Waals surface area contributed by atoms with Gasteiger partial charge in [-0.05, 0) is 32.4 Å². The second-order valence-corrected chi connectivity index (χ2v) is 5.15. The van der Waals surface area contributed by atoms with E-state index in [1.807, 2.05) is 18.7 Å². The van der Waals surface area contributed by atoms with Crippen LogP contribution in [-0.4, -0.2) is 18.3 Å². The first-order valence-electron chi connectivity index (χ1n) is 6.18. The summed E-state index contributed by atoms with van der Waals surface area (Å²) in [6.07, 6.45) is 5.47. The van der Waals surface area contributed by atoms with E-state index < -0.39 is 0 Å². The third-order valence-corrected chi connectivity index (χ3v) is 3.87. The highest BCUT2D eigenvalue weighted by molar-refractivity contribution is 7.99. The Hall–Kier alpha value is -0.410. The highest BCUT2D eigenvalue weighted by Gasteiger charge is 2.09. The average Bonchev–Trinajstić information content (AvgIpc) is 2.68. The number of thioether (sulfide) groups is 1. The minimum atomic E-state index is 0.629. The molecule has 3 heteroatoms. The van der Waals surface area contributed by atoms with E-state index >= 15 is 0 Å². The lowest BCUT2D eigenvalue weighted by atomic mass is 10.2. The SMILES string of the molecule is CCCNC(CCC)CSc1ccoc1C. The van der Waals surface area contributed by atoms with Gasteiger partial charge in [0.2, 0.25) is 0 Å². The number of nitrogens with one attached hydrogen (secondary N) is 1. The predicted molar refractivity (Wildman–Crippen MR) is 71.2 cm³/mol. The summed E-state index contributed by atoms with van der Waals surface area (Å²) in [7, 11) is 0. The summed E-state index contributed by atoms with van der Waals surface area (Å²) < 4.78 is 5.30. The molecule has 0 radical (unpaired) electrons. The first kappa shape index (κ1) is 13.7. The normalized spacial score (nSPS) is 12.9. The van der Waals surface area contributed by atoms with Crippen LogP contribution in [0.25, 0.3) is 0 Å². The van der Waals surface area contributed by atoms with E-state index in [-0.39, 0.29) is 0 Å². The fraction of sp³-hybridized carbons (Fsp3) is 0.692. The molecule has 1 rings (SSSR count). The summed E-state index contributed by atoms with van der Waals surface area (Å²) in [4.78, 5) is 1.28. The minimum absolute atomic E-state index is 0.629. The first-order valence-corrected chi connectivity index (χ1v) is 7.16. The molecule has 1 unspecified atom stereocenters. The maximum Gasteiger partial charge on any atom is 0.114 e. The van der Waals surface area contributed by atoms with E-state index in [4.69, 9.17) is 4.42 Å². The molecule has 1 atom stereocenters. The van der Waals surface area contributed by atoms with Crippen LogP contribution in [0.1, 0.15) is 38.9 Å². The maximum atomic E-state index is 5.30. The second-order valence-electron chi connectivity index (χ2n) is 4.09. The molecule has 1 aromatic rings. The smallest absolute Gasteiger partial charge is 0.114 e. The van der Waals surface area contributed by atoms with Crippen LogP contribution < -0.4 is 5.32 Å². The third kappa shape index (κ3) is 4.62. The topological polar surface area (TPSA) is 25.2 Å². The minimum Gasteiger partial charge on any atom is -0.468 e. The van der Waals surface area contributed by atoms with Gasteiger partial charge in [-0.25, -0.2) is 0 Å². The summed E-state index contributed by atoms with van der Waals surface area (Å²) in [5, 5.41) is 3.60. The molecule has 0 aliphatic rings. The first-order chi connectivity index (χ1) is 7.77. The van der Waals surface area contributed by atoms with Gasteiger partial charge in [0.15, 0.2) is 0 Å². The van der Waals surface area contributed by atoms with Gasteiger partial charge in [-0.1, -0.05) is 20.3 Å². The predicted octanol–water partition coefficient (Wildman–Crippen LogP) is 3.85. The van der Waals surface area contributed by atoms with Crippen molar-refractivity contribution in [1.29, 1.82) is 0 Å². The molecule has 2 nitrogen and oxygen atoms in total. The number of hydrogen-bond donors (Lipinski definition) is 1. The van der Waals surface area contributed by atoms with Crippen LogP contribution >= 0.6 is 11.8 Å². The molecule has 0 aliphatic carbocycles. The monoisotopic (exact) mass is 241 g/mol. The molecule has 1 heterocycles. The molecule has 92 valence electrons. The standard InChI is InChI=1S/C13H23NOS/c1-4-6-12(14-8-5-2)10-16-13-7-9-15-11(13)3/h7,9,12,14H,4-6,8,10H2,1-3H3. The quantitative estimate of drug-likeness (QED) is 0.700. The Morgan fingerprint density at radius 1 is 1.38 bits per heavy atom. The van der Waals surface area contributed by atoms with Gasteiger partial charge in [0.25, 0.3) is 0 Å². The Morgan fingerprint density at radius 2 is 2.19 bits per heavy atom. The highest BCUT2D eigenvalue weighted by atomic mass is 32.2. The zero-order chi connectivity index (χ0) is 11.8. The van der Waals surface area contributed by atoms with Crippen molar-refractivity contribution in [1.82, 2.24) is 5.32 Å². The lowest BCUT2D eigenvalue weighted by Gasteiger charge is -2.16. The molecular formula is C13H23NOS. The molecule has 0 fully saturated rings. The molecule has 0 aliphatic heterocycles. The number of hydrogen-bond acceptors (Lipinski definition) is 3. The van der Waals surface area contributed by atoms with Crippen molar-refractivity contribution in [3.8, 4) is 0 Å². The van der Waals surface area contributed by atoms with Crippen molar-refractivity contribution in [3.63, 3.8) is 0 Å². The second kappa shape index (κ2) is 7.80. The van der Waals surface area contributed by atoms with Crippen molar-refractivity contribution in [2.75, 3.05) is 12.3 Å². The van der Waals surface area contributed by atoms with Crippen LogP contribution in [0.15, 0.2) is 21.6 Å². The van der Waals surface area contributed by atoms with Crippen LogP contribution in [0.4, 0.5) is 0 Å². The van der Waals surface area contributed by atoms with Crippen LogP contribution in [0.2, 0.25) is 0 Å². The van der Waals surface area contributed by atoms with Crippen LogP contribution in [0.5, 0.6) is 0 Å². The lowest BCUT2D eigenvalue weighted by Crippen LogP contribution is -2.31. The number of rotatable bonds is 8. The summed E-state index contributed by atoms with van der Waals surface area (Å²) in [6, 6.07) is 2.69. The van der Waals surface area contributed by atoms with E-state index in [1.54, 1.807) is 6.26 Å². The molecule has 0 saturated carbocycles. The van der Waals surface area contributed by atoms with Crippen LogP contribution in [0, 0.1) is 6.92 Å². The van der Waals surface area contributed by atoms with Gasteiger partial charge in [-0.3, -0.25) is 0 Å².